The Hall–Kier alpha value is -0.410. The topological polar surface area (TPSA) is 58.5 Å². The van der Waals surface area contributed by atoms with Crippen LogP contribution in [-0.4, -0.2) is 37.7 Å². The third-order valence-corrected chi connectivity index (χ3v) is 5.93. The molecule has 0 atom stereocenters. The van der Waals surface area contributed by atoms with Crippen molar-refractivity contribution in [3.05, 3.63) is 16.1 Å². The Morgan fingerprint density at radius 1 is 1.35 bits per heavy atom. The van der Waals surface area contributed by atoms with Gasteiger partial charge in [-0.3, -0.25) is 4.99 Å². The van der Waals surface area contributed by atoms with E-state index in [4.69, 9.17) is 4.74 Å². The van der Waals surface area contributed by atoms with Gasteiger partial charge < -0.3 is 15.4 Å². The van der Waals surface area contributed by atoms with E-state index in [-0.39, 0.29) is 24.0 Å². The van der Waals surface area contributed by atoms with E-state index < -0.39 is 0 Å². The molecule has 0 aliphatic heterocycles. The maximum absolute atomic E-state index is 5.60. The zero-order chi connectivity index (χ0) is 18.1. The van der Waals surface area contributed by atoms with Crippen molar-refractivity contribution in [2.45, 2.75) is 65.3 Å². The average molecular weight is 494 g/mol. The molecule has 1 aromatic heterocycles. The van der Waals surface area contributed by atoms with E-state index in [9.17, 15) is 0 Å². The summed E-state index contributed by atoms with van der Waals surface area (Å²) in [6, 6.07) is 0. The summed E-state index contributed by atoms with van der Waals surface area (Å²) in [4.78, 5) is 9.05. The van der Waals surface area contributed by atoms with Crippen molar-refractivity contribution >= 4 is 41.3 Å². The first-order valence-electron chi connectivity index (χ1n) is 9.55. The minimum Gasteiger partial charge on any atom is -0.382 e. The number of halogens is 1. The number of aromatic nitrogens is 1. The molecule has 1 aliphatic rings. The second-order valence-corrected chi connectivity index (χ2v) is 8.20. The predicted octanol–water partition coefficient (Wildman–Crippen LogP) is 4.54. The second-order valence-electron chi connectivity index (χ2n) is 7.25. The number of rotatable bonds is 9. The summed E-state index contributed by atoms with van der Waals surface area (Å²) in [5.74, 6) is 1.35. The van der Waals surface area contributed by atoms with Crippen LogP contribution in [0.25, 0.3) is 0 Å². The number of nitrogens with zero attached hydrogens (tertiary/aromatic N) is 2. The molecular weight excluding hydrogens is 459 g/mol. The van der Waals surface area contributed by atoms with Gasteiger partial charge in [0, 0.05) is 32.2 Å². The number of aliphatic imine (C=N–C) groups is 1. The van der Waals surface area contributed by atoms with Crippen molar-refractivity contribution < 1.29 is 4.74 Å². The standard InChI is InChI=1S/C19H34N4OS.HI/c1-5-24-11-10-19(8-6-7-9-19)14-22-18(20-4)21-12-17-23-16(13-25-17)15(2)3;/h13,15H,5-12,14H2,1-4H3,(H2,20,21,22);1H. The minimum atomic E-state index is 0. The van der Waals surface area contributed by atoms with Crippen LogP contribution in [0.15, 0.2) is 10.4 Å². The molecule has 0 aromatic carbocycles. The van der Waals surface area contributed by atoms with E-state index in [1.807, 2.05) is 7.05 Å². The van der Waals surface area contributed by atoms with Gasteiger partial charge in [-0.1, -0.05) is 26.7 Å². The van der Waals surface area contributed by atoms with Crippen molar-refractivity contribution in [2.24, 2.45) is 10.4 Å². The van der Waals surface area contributed by atoms with Crippen LogP contribution in [0.3, 0.4) is 0 Å². The van der Waals surface area contributed by atoms with Crippen LogP contribution in [-0.2, 0) is 11.3 Å². The normalized spacial score (nSPS) is 16.6. The Morgan fingerprint density at radius 2 is 2.08 bits per heavy atom. The molecule has 1 fully saturated rings. The predicted molar refractivity (Wildman–Crippen MR) is 122 cm³/mol. The van der Waals surface area contributed by atoms with Crippen LogP contribution in [0.4, 0.5) is 0 Å². The first-order chi connectivity index (χ1) is 12.1. The van der Waals surface area contributed by atoms with Crippen molar-refractivity contribution in [3.8, 4) is 0 Å². The van der Waals surface area contributed by atoms with E-state index in [1.165, 1.54) is 31.4 Å². The maximum atomic E-state index is 5.60. The molecule has 150 valence electrons. The van der Waals surface area contributed by atoms with Gasteiger partial charge in [-0.05, 0) is 37.5 Å². The van der Waals surface area contributed by atoms with Crippen molar-refractivity contribution in [3.63, 3.8) is 0 Å². The Morgan fingerprint density at radius 3 is 2.65 bits per heavy atom. The maximum Gasteiger partial charge on any atom is 0.191 e. The number of hydrogen-bond acceptors (Lipinski definition) is 4. The molecule has 26 heavy (non-hydrogen) atoms. The van der Waals surface area contributed by atoms with Crippen molar-refractivity contribution in [1.82, 2.24) is 15.6 Å². The molecule has 0 unspecified atom stereocenters. The highest BCUT2D eigenvalue weighted by molar-refractivity contribution is 14.0. The van der Waals surface area contributed by atoms with Crippen molar-refractivity contribution in [1.29, 1.82) is 0 Å². The first-order valence-corrected chi connectivity index (χ1v) is 10.4. The van der Waals surface area contributed by atoms with Gasteiger partial charge in [0.25, 0.3) is 0 Å². The largest absolute Gasteiger partial charge is 0.382 e. The lowest BCUT2D eigenvalue weighted by molar-refractivity contribution is 0.105. The molecule has 0 amide bonds. The molecule has 2 rings (SSSR count). The summed E-state index contributed by atoms with van der Waals surface area (Å²) in [6.45, 7) is 9.78. The molecule has 0 spiro atoms. The van der Waals surface area contributed by atoms with E-state index in [0.717, 1.165) is 43.7 Å². The zero-order valence-corrected chi connectivity index (χ0v) is 19.8. The van der Waals surface area contributed by atoms with Crippen LogP contribution in [0.1, 0.15) is 69.5 Å². The summed E-state index contributed by atoms with van der Waals surface area (Å²) in [6.07, 6.45) is 6.37. The number of nitrogens with one attached hydrogen (secondary N) is 2. The van der Waals surface area contributed by atoms with Crippen LogP contribution in [0.5, 0.6) is 0 Å². The molecular formula is C19H35IN4OS. The van der Waals surface area contributed by atoms with Gasteiger partial charge in [0.1, 0.15) is 5.01 Å². The summed E-state index contributed by atoms with van der Waals surface area (Å²) in [5.41, 5.74) is 1.53. The summed E-state index contributed by atoms with van der Waals surface area (Å²) in [7, 11) is 1.83. The highest BCUT2D eigenvalue weighted by atomic mass is 127. The lowest BCUT2D eigenvalue weighted by Crippen LogP contribution is -2.43. The fourth-order valence-electron chi connectivity index (χ4n) is 3.40. The lowest BCUT2D eigenvalue weighted by Gasteiger charge is -2.30. The molecule has 2 N–H and O–H groups in total. The Kier molecular flexibility index (Phi) is 11.0. The summed E-state index contributed by atoms with van der Waals surface area (Å²) < 4.78 is 5.60. The highest BCUT2D eigenvalue weighted by Gasteiger charge is 2.33. The first kappa shape index (κ1) is 23.6. The Labute approximate surface area is 179 Å². The number of guanidine groups is 1. The molecule has 1 heterocycles. The number of thiazole rings is 1. The molecule has 5 nitrogen and oxygen atoms in total. The molecule has 7 heteroatoms. The minimum absolute atomic E-state index is 0. The highest BCUT2D eigenvalue weighted by Crippen LogP contribution is 2.40. The van der Waals surface area contributed by atoms with Gasteiger partial charge in [-0.2, -0.15) is 0 Å². The van der Waals surface area contributed by atoms with E-state index >= 15 is 0 Å². The lowest BCUT2D eigenvalue weighted by atomic mass is 9.83. The summed E-state index contributed by atoms with van der Waals surface area (Å²) in [5, 5.41) is 10.2. The van der Waals surface area contributed by atoms with E-state index in [2.05, 4.69) is 46.8 Å². The third-order valence-electron chi connectivity index (χ3n) is 5.07. The van der Waals surface area contributed by atoms with Gasteiger partial charge in [0.15, 0.2) is 5.96 Å². The molecule has 0 radical (unpaired) electrons. The molecule has 1 aromatic rings. The average Bonchev–Trinajstić information content (AvgIpc) is 3.25. The molecule has 0 saturated heterocycles. The van der Waals surface area contributed by atoms with Crippen LogP contribution in [0, 0.1) is 5.41 Å². The fourth-order valence-corrected chi connectivity index (χ4v) is 4.29. The fraction of sp³-hybridized carbons (Fsp3) is 0.789. The third kappa shape index (κ3) is 7.31. The smallest absolute Gasteiger partial charge is 0.191 e. The van der Waals surface area contributed by atoms with Crippen LogP contribution < -0.4 is 10.6 Å². The number of hydrogen-bond donors (Lipinski definition) is 2. The van der Waals surface area contributed by atoms with Gasteiger partial charge in [-0.15, -0.1) is 35.3 Å². The SMILES string of the molecule is CCOCCC1(CNC(=NC)NCc2nc(C(C)C)cs2)CCCC1.I. The monoisotopic (exact) mass is 494 g/mol. The quantitative estimate of drug-likeness (QED) is 0.229. The van der Waals surface area contributed by atoms with E-state index in [0.29, 0.717) is 11.3 Å². The second kappa shape index (κ2) is 12.1. The summed E-state index contributed by atoms with van der Waals surface area (Å²) >= 11 is 1.71. The van der Waals surface area contributed by atoms with Gasteiger partial charge in [0.05, 0.1) is 12.2 Å². The Bertz CT molecular complexity index is 541. The van der Waals surface area contributed by atoms with E-state index in [1.54, 1.807) is 11.3 Å². The molecule has 1 saturated carbocycles. The van der Waals surface area contributed by atoms with Crippen molar-refractivity contribution in [2.75, 3.05) is 26.8 Å². The van der Waals surface area contributed by atoms with Crippen LogP contribution in [0.2, 0.25) is 0 Å². The van der Waals surface area contributed by atoms with Gasteiger partial charge in [-0.25, -0.2) is 4.98 Å². The van der Waals surface area contributed by atoms with Gasteiger partial charge >= 0.3 is 0 Å². The Balaban J connectivity index is 0.00000338. The van der Waals surface area contributed by atoms with Gasteiger partial charge in [0.2, 0.25) is 0 Å². The molecule has 1 aliphatic carbocycles. The number of ether oxygens (including phenoxy) is 1. The zero-order valence-electron chi connectivity index (χ0n) is 16.6. The van der Waals surface area contributed by atoms with Crippen LogP contribution >= 0.6 is 35.3 Å². The molecule has 0 bridgehead atoms.